The van der Waals surface area contributed by atoms with E-state index in [1.807, 2.05) is 6.07 Å². The lowest BCUT2D eigenvalue weighted by atomic mass is 10.2. The van der Waals surface area contributed by atoms with Crippen LogP contribution in [0, 0.1) is 6.92 Å². The minimum atomic E-state index is -3.58. The normalized spacial score (nSPS) is 10.4. The van der Waals surface area contributed by atoms with Crippen molar-refractivity contribution in [3.05, 3.63) is 88.3 Å². The van der Waals surface area contributed by atoms with Gasteiger partial charge >= 0.3 is 0 Å². The van der Waals surface area contributed by atoms with E-state index in [0.29, 0.717) is 27.4 Å². The van der Waals surface area contributed by atoms with E-state index in [0.717, 1.165) is 24.9 Å². The van der Waals surface area contributed by atoms with Crippen molar-refractivity contribution in [3.63, 3.8) is 0 Å². The van der Waals surface area contributed by atoms with Gasteiger partial charge in [-0.1, -0.05) is 55.3 Å². The molecule has 3 N–H and O–H groups in total. The van der Waals surface area contributed by atoms with Crippen molar-refractivity contribution in [2.45, 2.75) is 31.6 Å². The molecule has 9 heteroatoms. The molecule has 7 nitrogen and oxygen atoms in total. The van der Waals surface area contributed by atoms with Gasteiger partial charge in [-0.05, 0) is 49.2 Å². The fourth-order valence-electron chi connectivity index (χ4n) is 2.90. The van der Waals surface area contributed by atoms with Crippen LogP contribution in [0.3, 0.4) is 0 Å². The molecule has 0 fully saturated rings. The molecular weight excluding hydrogens is 488 g/mol. The van der Waals surface area contributed by atoms with Gasteiger partial charge in [-0.25, -0.2) is 13.2 Å². The first-order valence-electron chi connectivity index (χ1n) is 10.8. The molecule has 0 unspecified atom stereocenters. The Labute approximate surface area is 210 Å². The highest BCUT2D eigenvalue weighted by atomic mass is 35.5. The van der Waals surface area contributed by atoms with Gasteiger partial charge in [0, 0.05) is 18.2 Å². The number of nitrogens with one attached hydrogen (secondary N) is 2. The predicted molar refractivity (Wildman–Crippen MR) is 140 cm³/mol. The summed E-state index contributed by atoms with van der Waals surface area (Å²) >= 11 is 6.18. The molecule has 0 bridgehead atoms. The van der Waals surface area contributed by atoms with E-state index in [1.165, 1.54) is 24.1 Å². The molecule has 0 radical (unpaired) electrons. The molecule has 3 aromatic carbocycles. The lowest BCUT2D eigenvalue weighted by Crippen LogP contribution is -2.12. The van der Waals surface area contributed by atoms with Gasteiger partial charge in [0.15, 0.2) is 0 Å². The second-order valence-corrected chi connectivity index (χ2v) is 9.75. The van der Waals surface area contributed by atoms with E-state index in [1.54, 1.807) is 49.4 Å². The summed E-state index contributed by atoms with van der Waals surface area (Å²) in [5.74, 6) is 0.949. The summed E-state index contributed by atoms with van der Waals surface area (Å²) in [7, 11) is -3.58. The van der Waals surface area contributed by atoms with Crippen molar-refractivity contribution in [1.29, 1.82) is 0 Å². The molecule has 0 aliphatic heterocycles. The highest BCUT2D eigenvalue weighted by molar-refractivity contribution is 7.94. The minimum absolute atomic E-state index is 0.0207. The number of aryl methyl sites for hydroxylation is 1. The lowest BCUT2D eigenvalue weighted by Gasteiger charge is -2.12. The van der Waals surface area contributed by atoms with E-state index in [2.05, 4.69) is 17.6 Å². The topological polar surface area (TPSA) is 113 Å². The summed E-state index contributed by atoms with van der Waals surface area (Å²) in [5, 5.41) is 16.9. The van der Waals surface area contributed by atoms with Gasteiger partial charge in [0.25, 0.3) is 5.91 Å². The number of carbonyl (C=O) groups is 1. The number of carbonyl (C=O) groups excluding carboxylic acids is 2. The zero-order valence-electron chi connectivity index (χ0n) is 19.4. The zero-order valence-corrected chi connectivity index (χ0v) is 21.0. The molecule has 0 aliphatic carbocycles. The second kappa shape index (κ2) is 13.3. The summed E-state index contributed by atoms with van der Waals surface area (Å²) in [6.07, 6.45) is 2.09. The summed E-state index contributed by atoms with van der Waals surface area (Å²) in [5.41, 5.74) is 2.30. The second-order valence-electron chi connectivity index (χ2n) is 7.55. The number of phenolic OH excluding ortho intramolecular Hbond substituents is 1. The summed E-state index contributed by atoms with van der Waals surface area (Å²) < 4.78 is 22.5. The largest absolute Gasteiger partial charge is 0.506 e. The molecule has 0 aliphatic rings. The van der Waals surface area contributed by atoms with Crippen LogP contribution in [0.1, 0.15) is 35.7 Å². The maximum absolute atomic E-state index is 12.1. The number of amides is 1. The van der Waals surface area contributed by atoms with Crippen LogP contribution in [-0.4, -0.2) is 31.9 Å². The molecule has 35 heavy (non-hydrogen) atoms. The number of aromatic hydroxyl groups is 1. The molecule has 0 aromatic heterocycles. The van der Waals surface area contributed by atoms with Gasteiger partial charge in [0.1, 0.15) is 17.1 Å². The molecule has 0 heterocycles. The maximum atomic E-state index is 12.1. The summed E-state index contributed by atoms with van der Waals surface area (Å²) in [4.78, 5) is 22.1. The van der Waals surface area contributed by atoms with Crippen LogP contribution in [-0.2, 0) is 14.6 Å². The molecule has 3 aromatic rings. The lowest BCUT2D eigenvalue weighted by molar-refractivity contribution is 0.102. The van der Waals surface area contributed by atoms with Crippen LogP contribution in [0.15, 0.2) is 77.0 Å². The third-order valence-electron chi connectivity index (χ3n) is 4.74. The predicted octanol–water partition coefficient (Wildman–Crippen LogP) is 5.62. The van der Waals surface area contributed by atoms with Crippen LogP contribution in [0.25, 0.3) is 0 Å². The number of halogens is 1. The van der Waals surface area contributed by atoms with Crippen molar-refractivity contribution in [1.82, 2.24) is 0 Å². The zero-order chi connectivity index (χ0) is 25.8. The molecule has 1 amide bonds. The fraction of sp³-hybridized carbons (Fsp3) is 0.192. The highest BCUT2D eigenvalue weighted by Gasteiger charge is 2.12. The van der Waals surface area contributed by atoms with Crippen molar-refractivity contribution >= 4 is 44.7 Å². The number of hydrogen-bond donors (Lipinski definition) is 3. The van der Waals surface area contributed by atoms with Crippen molar-refractivity contribution in [2.24, 2.45) is 0 Å². The van der Waals surface area contributed by atoms with E-state index in [9.17, 15) is 23.1 Å². The Kier molecular flexibility index (Phi) is 10.5. The fourth-order valence-corrected chi connectivity index (χ4v) is 4.02. The molecule has 184 valence electrons. The van der Waals surface area contributed by atoms with Crippen LogP contribution < -0.4 is 10.6 Å². The number of anilines is 2. The summed E-state index contributed by atoms with van der Waals surface area (Å²) in [6.45, 7) is 4.66. The van der Waals surface area contributed by atoms with Crippen molar-refractivity contribution in [3.8, 4) is 5.75 Å². The first-order valence-corrected chi connectivity index (χ1v) is 12.8. The SMILES string of the molecule is CCCCNc1cc(O)c(NC(=O)c2ccccc2)cc1Cl.Cc1cccc(S(=O)(=O)C=C=O)c1. The van der Waals surface area contributed by atoms with Gasteiger partial charge in [0.2, 0.25) is 9.84 Å². The van der Waals surface area contributed by atoms with Gasteiger partial charge in [0.05, 0.1) is 21.3 Å². The minimum Gasteiger partial charge on any atom is -0.506 e. The average Bonchev–Trinajstić information content (AvgIpc) is 2.83. The average molecular weight is 515 g/mol. The smallest absolute Gasteiger partial charge is 0.255 e. The van der Waals surface area contributed by atoms with E-state index in [-0.39, 0.29) is 16.6 Å². The highest BCUT2D eigenvalue weighted by Crippen LogP contribution is 2.34. The molecular formula is C26H27ClN2O5S. The summed E-state index contributed by atoms with van der Waals surface area (Å²) in [6, 6.07) is 18.2. The first-order chi connectivity index (χ1) is 16.7. The van der Waals surface area contributed by atoms with Crippen molar-refractivity contribution in [2.75, 3.05) is 17.2 Å². The number of rotatable bonds is 8. The Balaban J connectivity index is 0.000000283. The number of sulfone groups is 1. The molecule has 0 saturated carbocycles. The van der Waals surface area contributed by atoms with Crippen LogP contribution in [0.2, 0.25) is 5.02 Å². The van der Waals surface area contributed by atoms with Gasteiger partial charge in [-0.3, -0.25) is 4.79 Å². The van der Waals surface area contributed by atoms with Gasteiger partial charge in [-0.2, -0.15) is 0 Å². The number of phenols is 1. The van der Waals surface area contributed by atoms with Crippen LogP contribution in [0.5, 0.6) is 5.75 Å². The van der Waals surface area contributed by atoms with E-state index in [4.69, 9.17) is 11.6 Å². The Morgan fingerprint density at radius 3 is 2.40 bits per heavy atom. The van der Waals surface area contributed by atoms with E-state index >= 15 is 0 Å². The van der Waals surface area contributed by atoms with Crippen molar-refractivity contribution < 1.29 is 23.1 Å². The quantitative estimate of drug-likeness (QED) is 0.204. The number of benzene rings is 3. The first kappa shape index (κ1) is 27.7. The Bertz CT molecular complexity index is 1300. The monoisotopic (exact) mass is 514 g/mol. The van der Waals surface area contributed by atoms with E-state index < -0.39 is 9.84 Å². The van der Waals surface area contributed by atoms with Crippen LogP contribution >= 0.6 is 11.6 Å². The third kappa shape index (κ3) is 8.61. The standard InChI is InChI=1S/C17H19ClN2O2.C9H8O3S/c1-2-3-9-19-14-11-16(21)15(10-13(14)18)20-17(22)12-7-5-4-6-8-12;1-8-3-2-4-9(7-8)13(11,12)6-5-10/h4-8,10-11,19,21H,2-3,9H2,1H3,(H,20,22);2-4,6-7H,1H3. The molecule has 0 spiro atoms. The number of unbranched alkanes of at least 4 members (excludes halogenated alkanes) is 1. The number of hydrogen-bond acceptors (Lipinski definition) is 6. The molecule has 3 rings (SSSR count). The Hall–Kier alpha value is -3.58. The Morgan fingerprint density at radius 1 is 1.06 bits per heavy atom. The van der Waals surface area contributed by atoms with Gasteiger partial charge < -0.3 is 15.7 Å². The van der Waals surface area contributed by atoms with Crippen LogP contribution in [0.4, 0.5) is 11.4 Å². The molecule has 0 atom stereocenters. The van der Waals surface area contributed by atoms with Gasteiger partial charge in [-0.15, -0.1) is 0 Å². The maximum Gasteiger partial charge on any atom is 0.255 e. The third-order valence-corrected chi connectivity index (χ3v) is 6.37. The Morgan fingerprint density at radius 2 is 1.77 bits per heavy atom. The molecule has 0 saturated heterocycles.